The zero-order chi connectivity index (χ0) is 18.1. The molecule has 5 heteroatoms. The van der Waals surface area contributed by atoms with Crippen LogP contribution in [0.25, 0.3) is 0 Å². The first-order chi connectivity index (χ1) is 11.9. The van der Waals surface area contributed by atoms with E-state index < -0.39 is 0 Å². The predicted octanol–water partition coefficient (Wildman–Crippen LogP) is 4.10. The number of benzene rings is 1. The van der Waals surface area contributed by atoms with E-state index in [1.165, 1.54) is 4.88 Å². The number of anilines is 1. The number of aryl methyl sites for hydroxylation is 2. The Morgan fingerprint density at radius 3 is 2.64 bits per heavy atom. The van der Waals surface area contributed by atoms with Crippen LogP contribution in [0, 0.1) is 19.8 Å². The summed E-state index contributed by atoms with van der Waals surface area (Å²) in [6.07, 6.45) is 2.96. The molecule has 2 aromatic rings. The van der Waals surface area contributed by atoms with Crippen LogP contribution in [-0.4, -0.2) is 18.9 Å². The third-order valence-electron chi connectivity index (χ3n) is 4.82. The normalized spacial score (nSPS) is 16.2. The van der Waals surface area contributed by atoms with Crippen molar-refractivity contribution in [3.8, 4) is 0 Å². The van der Waals surface area contributed by atoms with Crippen molar-refractivity contribution in [3.63, 3.8) is 0 Å². The van der Waals surface area contributed by atoms with E-state index in [-0.39, 0.29) is 11.8 Å². The van der Waals surface area contributed by atoms with Crippen molar-refractivity contribution in [2.75, 3.05) is 12.4 Å². The summed E-state index contributed by atoms with van der Waals surface area (Å²) in [4.78, 5) is 26.4. The zero-order valence-corrected chi connectivity index (χ0v) is 16.0. The molecule has 4 nitrogen and oxygen atoms in total. The van der Waals surface area contributed by atoms with Gasteiger partial charge in [0.25, 0.3) is 11.8 Å². The molecule has 1 aromatic heterocycles. The van der Waals surface area contributed by atoms with E-state index >= 15 is 0 Å². The Balaban J connectivity index is 1.96. The molecule has 1 aromatic carbocycles. The molecule has 0 bridgehead atoms. The molecule has 0 aliphatic heterocycles. The van der Waals surface area contributed by atoms with E-state index in [0.717, 1.165) is 36.0 Å². The van der Waals surface area contributed by atoms with Gasteiger partial charge in [0.05, 0.1) is 5.56 Å². The Hall–Kier alpha value is -2.14. The molecule has 3 rings (SSSR count). The summed E-state index contributed by atoms with van der Waals surface area (Å²) in [5.41, 5.74) is 4.47. The van der Waals surface area contributed by atoms with Crippen LogP contribution in [0.1, 0.15) is 55.6 Å². The smallest absolute Gasteiger partial charge is 0.256 e. The molecule has 1 atom stereocenters. The van der Waals surface area contributed by atoms with Crippen molar-refractivity contribution in [3.05, 3.63) is 50.9 Å². The Morgan fingerprint density at radius 1 is 1.20 bits per heavy atom. The number of carbonyl (C=O) groups is 2. The Kier molecular flexibility index (Phi) is 4.95. The van der Waals surface area contributed by atoms with E-state index in [4.69, 9.17) is 0 Å². The number of nitrogens with one attached hydrogen (secondary N) is 2. The molecule has 0 saturated carbocycles. The number of hydrogen-bond donors (Lipinski definition) is 2. The number of carbonyl (C=O) groups excluding carboxylic acids is 2. The minimum absolute atomic E-state index is 0.122. The van der Waals surface area contributed by atoms with Crippen molar-refractivity contribution >= 4 is 28.2 Å². The maximum atomic E-state index is 12.8. The van der Waals surface area contributed by atoms with Gasteiger partial charge in [0, 0.05) is 17.5 Å². The molecular formula is C20H24N2O2S. The monoisotopic (exact) mass is 356 g/mol. The molecule has 1 heterocycles. The summed E-state index contributed by atoms with van der Waals surface area (Å²) in [6.45, 7) is 6.17. The van der Waals surface area contributed by atoms with Gasteiger partial charge < -0.3 is 10.6 Å². The standard InChI is InChI=1S/C20H24N2O2S/c1-11-5-7-14(13(3)9-11)18(23)22-20-17(19(24)21-4)15-8-6-12(2)10-16(15)25-20/h5,7,9,12H,6,8,10H2,1-4H3,(H,21,24)(H,22,23)/t12-/m0/s1. The zero-order valence-electron chi connectivity index (χ0n) is 15.2. The number of rotatable bonds is 3. The van der Waals surface area contributed by atoms with Crippen molar-refractivity contribution in [2.45, 2.75) is 40.0 Å². The topological polar surface area (TPSA) is 58.2 Å². The van der Waals surface area contributed by atoms with Gasteiger partial charge in [0.1, 0.15) is 5.00 Å². The van der Waals surface area contributed by atoms with Crippen LogP contribution in [0.4, 0.5) is 5.00 Å². The highest BCUT2D eigenvalue weighted by Gasteiger charge is 2.28. The largest absolute Gasteiger partial charge is 0.355 e. The van der Waals surface area contributed by atoms with Crippen LogP contribution in [-0.2, 0) is 12.8 Å². The number of fused-ring (bicyclic) bond motifs is 1. The van der Waals surface area contributed by atoms with Gasteiger partial charge in [-0.1, -0.05) is 24.6 Å². The lowest BCUT2D eigenvalue weighted by molar-refractivity contribution is 0.0963. The second kappa shape index (κ2) is 7.00. The SMILES string of the molecule is CNC(=O)c1c(NC(=O)c2ccc(C)cc2C)sc2c1CC[C@H](C)C2. The lowest BCUT2D eigenvalue weighted by Gasteiger charge is -2.18. The summed E-state index contributed by atoms with van der Waals surface area (Å²) < 4.78 is 0. The highest BCUT2D eigenvalue weighted by atomic mass is 32.1. The van der Waals surface area contributed by atoms with E-state index in [2.05, 4.69) is 17.6 Å². The molecule has 132 valence electrons. The van der Waals surface area contributed by atoms with E-state index in [9.17, 15) is 9.59 Å². The molecule has 1 aliphatic carbocycles. The van der Waals surface area contributed by atoms with Crippen LogP contribution in [0.3, 0.4) is 0 Å². The van der Waals surface area contributed by atoms with Crippen molar-refractivity contribution in [1.29, 1.82) is 0 Å². The lowest BCUT2D eigenvalue weighted by atomic mass is 9.88. The summed E-state index contributed by atoms with van der Waals surface area (Å²) in [5, 5.41) is 6.38. The van der Waals surface area contributed by atoms with Crippen molar-refractivity contribution < 1.29 is 9.59 Å². The molecule has 25 heavy (non-hydrogen) atoms. The second-order valence-corrected chi connectivity index (χ2v) is 8.01. The second-order valence-electron chi connectivity index (χ2n) is 6.91. The third-order valence-corrected chi connectivity index (χ3v) is 5.99. The van der Waals surface area contributed by atoms with E-state index in [1.807, 2.05) is 32.0 Å². The number of thiophene rings is 1. The minimum atomic E-state index is -0.158. The average Bonchev–Trinajstić information content (AvgIpc) is 2.90. The average molecular weight is 356 g/mol. The molecule has 2 amide bonds. The quantitative estimate of drug-likeness (QED) is 0.870. The Morgan fingerprint density at radius 2 is 1.96 bits per heavy atom. The minimum Gasteiger partial charge on any atom is -0.355 e. The van der Waals surface area contributed by atoms with E-state index in [0.29, 0.717) is 22.0 Å². The molecule has 2 N–H and O–H groups in total. The molecule has 0 unspecified atom stereocenters. The maximum Gasteiger partial charge on any atom is 0.256 e. The van der Waals surface area contributed by atoms with Crippen molar-refractivity contribution in [2.24, 2.45) is 5.92 Å². The fraction of sp³-hybridized carbons (Fsp3) is 0.400. The first-order valence-electron chi connectivity index (χ1n) is 8.66. The maximum absolute atomic E-state index is 12.8. The van der Waals surface area contributed by atoms with Gasteiger partial charge in [0.2, 0.25) is 0 Å². The third kappa shape index (κ3) is 3.47. The molecule has 0 radical (unpaired) electrons. The summed E-state index contributed by atoms with van der Waals surface area (Å²) in [7, 11) is 1.63. The van der Waals surface area contributed by atoms with Gasteiger partial charge in [-0.3, -0.25) is 9.59 Å². The van der Waals surface area contributed by atoms with Crippen molar-refractivity contribution in [1.82, 2.24) is 5.32 Å². The van der Waals surface area contributed by atoms with Gasteiger partial charge in [-0.05, 0) is 56.2 Å². The van der Waals surface area contributed by atoms with Gasteiger partial charge in [-0.2, -0.15) is 0 Å². The summed E-state index contributed by atoms with van der Waals surface area (Å²) in [6, 6.07) is 5.77. The number of amides is 2. The van der Waals surface area contributed by atoms with Crippen LogP contribution in [0.5, 0.6) is 0 Å². The van der Waals surface area contributed by atoms with Crippen LogP contribution < -0.4 is 10.6 Å². The van der Waals surface area contributed by atoms with E-state index in [1.54, 1.807) is 18.4 Å². The van der Waals surface area contributed by atoms with Gasteiger partial charge >= 0.3 is 0 Å². The highest BCUT2D eigenvalue weighted by molar-refractivity contribution is 7.17. The predicted molar refractivity (Wildman–Crippen MR) is 103 cm³/mol. The van der Waals surface area contributed by atoms with Gasteiger partial charge in [-0.15, -0.1) is 11.3 Å². The Labute approximate surface area is 152 Å². The lowest BCUT2D eigenvalue weighted by Crippen LogP contribution is -2.23. The van der Waals surface area contributed by atoms with Crippen LogP contribution >= 0.6 is 11.3 Å². The molecule has 0 saturated heterocycles. The molecule has 1 aliphatic rings. The fourth-order valence-electron chi connectivity index (χ4n) is 3.44. The van der Waals surface area contributed by atoms with Crippen LogP contribution in [0.2, 0.25) is 0 Å². The molecule has 0 fully saturated rings. The first-order valence-corrected chi connectivity index (χ1v) is 9.47. The highest BCUT2D eigenvalue weighted by Crippen LogP contribution is 2.39. The van der Waals surface area contributed by atoms with Crippen LogP contribution in [0.15, 0.2) is 18.2 Å². The van der Waals surface area contributed by atoms with Gasteiger partial charge in [-0.25, -0.2) is 0 Å². The van der Waals surface area contributed by atoms with Gasteiger partial charge in [0.15, 0.2) is 0 Å². The fourth-order valence-corrected chi connectivity index (χ4v) is 4.85. The Bertz CT molecular complexity index is 838. The number of hydrogen-bond acceptors (Lipinski definition) is 3. The summed E-state index contributed by atoms with van der Waals surface area (Å²) in [5.74, 6) is 0.337. The molecule has 0 spiro atoms. The first kappa shape index (κ1) is 17.7. The summed E-state index contributed by atoms with van der Waals surface area (Å²) >= 11 is 1.55. The molecular weight excluding hydrogens is 332 g/mol.